The van der Waals surface area contributed by atoms with Crippen LogP contribution >= 0.6 is 0 Å². The minimum atomic E-state index is -3.87. The molecule has 0 rings (SSSR count). The second-order valence-corrected chi connectivity index (χ2v) is 3.58. The lowest BCUT2D eigenvalue weighted by Crippen LogP contribution is -2.28. The van der Waals surface area contributed by atoms with Gasteiger partial charge in [-0.2, -0.15) is 17.6 Å². The molecule has 0 saturated heterocycles. The van der Waals surface area contributed by atoms with Crippen molar-refractivity contribution in [2.24, 2.45) is 0 Å². The Morgan fingerprint density at radius 2 is 1.06 bits per heavy atom. The average molecular weight is 260 g/mol. The molecule has 0 aromatic rings. The summed E-state index contributed by atoms with van der Waals surface area (Å²) in [6.07, 6.45) is -2.47. The zero-order chi connectivity index (χ0) is 13.7. The third kappa shape index (κ3) is 5.50. The lowest BCUT2D eigenvalue weighted by molar-refractivity contribution is -0.166. The summed E-state index contributed by atoms with van der Waals surface area (Å²) in [6, 6.07) is 0. The van der Waals surface area contributed by atoms with E-state index in [0.717, 1.165) is 0 Å². The van der Waals surface area contributed by atoms with Crippen molar-refractivity contribution in [1.29, 1.82) is 0 Å². The molecule has 0 heterocycles. The summed E-state index contributed by atoms with van der Waals surface area (Å²) in [5, 5.41) is 16.1. The molecular weight excluding hydrogens is 248 g/mol. The summed E-state index contributed by atoms with van der Waals surface area (Å²) in [5.74, 6) is -12.2. The van der Waals surface area contributed by atoms with Gasteiger partial charge in [0.2, 0.25) is 0 Å². The van der Waals surface area contributed by atoms with E-state index in [1.807, 2.05) is 0 Å². The Balaban J connectivity index is 3.81. The number of alkyl halides is 4. The van der Waals surface area contributed by atoms with Crippen LogP contribution < -0.4 is 0 Å². The van der Waals surface area contributed by atoms with Gasteiger partial charge in [0.15, 0.2) is 0 Å². The standard InChI is InChI=1S/C9H12F4O4/c10-8(11,6(14)15)4-2-1-3-5-9(12,13)7(16)17/h1-5H2,(H,14,15)(H,16,17). The fourth-order valence-corrected chi connectivity index (χ4v) is 1.08. The smallest absolute Gasteiger partial charge is 0.374 e. The molecule has 0 aromatic heterocycles. The van der Waals surface area contributed by atoms with E-state index in [-0.39, 0.29) is 19.3 Å². The second-order valence-electron chi connectivity index (χ2n) is 3.58. The van der Waals surface area contributed by atoms with Crippen LogP contribution in [0.1, 0.15) is 32.1 Å². The van der Waals surface area contributed by atoms with Gasteiger partial charge in [0.1, 0.15) is 0 Å². The summed E-state index contributed by atoms with van der Waals surface area (Å²) in [7, 11) is 0. The number of halogens is 4. The highest BCUT2D eigenvalue weighted by molar-refractivity contribution is 5.75. The van der Waals surface area contributed by atoms with Crippen molar-refractivity contribution in [2.45, 2.75) is 43.9 Å². The molecule has 2 N–H and O–H groups in total. The summed E-state index contributed by atoms with van der Waals surface area (Å²) >= 11 is 0. The topological polar surface area (TPSA) is 74.6 Å². The molecule has 0 aliphatic rings. The van der Waals surface area contributed by atoms with E-state index >= 15 is 0 Å². The Bertz CT molecular complexity index is 263. The van der Waals surface area contributed by atoms with E-state index in [4.69, 9.17) is 10.2 Å². The van der Waals surface area contributed by atoms with E-state index in [9.17, 15) is 27.2 Å². The van der Waals surface area contributed by atoms with Gasteiger partial charge < -0.3 is 10.2 Å². The third-order valence-electron chi connectivity index (χ3n) is 2.11. The molecule has 0 saturated carbocycles. The van der Waals surface area contributed by atoms with Crippen LogP contribution in [0.15, 0.2) is 0 Å². The number of carboxylic acid groups (broad SMARTS) is 2. The van der Waals surface area contributed by atoms with Crippen molar-refractivity contribution in [3.63, 3.8) is 0 Å². The molecule has 0 aliphatic carbocycles. The predicted molar refractivity (Wildman–Crippen MR) is 48.3 cm³/mol. The molecular formula is C9H12F4O4. The average Bonchev–Trinajstić information content (AvgIpc) is 2.16. The van der Waals surface area contributed by atoms with Gasteiger partial charge in [-0.15, -0.1) is 0 Å². The highest BCUT2D eigenvalue weighted by Gasteiger charge is 2.39. The maximum atomic E-state index is 12.5. The summed E-state index contributed by atoms with van der Waals surface area (Å²) < 4.78 is 50.0. The van der Waals surface area contributed by atoms with E-state index < -0.39 is 36.6 Å². The quantitative estimate of drug-likeness (QED) is 0.519. The van der Waals surface area contributed by atoms with Crippen LogP contribution in [0.5, 0.6) is 0 Å². The Labute approximate surface area is 94.2 Å². The first-order valence-corrected chi connectivity index (χ1v) is 4.82. The fraction of sp³-hybridized carbons (Fsp3) is 0.778. The van der Waals surface area contributed by atoms with Gasteiger partial charge >= 0.3 is 23.8 Å². The Morgan fingerprint density at radius 1 is 0.765 bits per heavy atom. The van der Waals surface area contributed by atoms with Gasteiger partial charge in [0.05, 0.1) is 0 Å². The Hall–Kier alpha value is -1.34. The number of hydrogen-bond acceptors (Lipinski definition) is 2. The van der Waals surface area contributed by atoms with E-state index in [1.165, 1.54) is 0 Å². The molecule has 0 fully saturated rings. The normalized spacial score (nSPS) is 12.5. The maximum absolute atomic E-state index is 12.5. The number of unbranched alkanes of at least 4 members (excludes halogenated alkanes) is 2. The van der Waals surface area contributed by atoms with Gasteiger partial charge in [-0.1, -0.05) is 6.42 Å². The zero-order valence-electron chi connectivity index (χ0n) is 8.76. The van der Waals surface area contributed by atoms with Gasteiger partial charge in [0.25, 0.3) is 0 Å². The van der Waals surface area contributed by atoms with Crippen molar-refractivity contribution in [3.05, 3.63) is 0 Å². The molecule has 0 radical (unpaired) electrons. The minimum Gasteiger partial charge on any atom is -0.477 e. The number of carbonyl (C=O) groups is 2. The van der Waals surface area contributed by atoms with Crippen LogP contribution in [0.25, 0.3) is 0 Å². The molecule has 0 unspecified atom stereocenters. The van der Waals surface area contributed by atoms with Crippen LogP contribution in [0.4, 0.5) is 17.6 Å². The van der Waals surface area contributed by atoms with Gasteiger partial charge in [-0.25, -0.2) is 9.59 Å². The largest absolute Gasteiger partial charge is 0.477 e. The Morgan fingerprint density at radius 3 is 1.29 bits per heavy atom. The van der Waals surface area contributed by atoms with Crippen molar-refractivity contribution in [2.75, 3.05) is 0 Å². The molecule has 0 amide bonds. The van der Waals surface area contributed by atoms with Crippen molar-refractivity contribution in [3.8, 4) is 0 Å². The van der Waals surface area contributed by atoms with Gasteiger partial charge in [0, 0.05) is 12.8 Å². The molecule has 4 nitrogen and oxygen atoms in total. The van der Waals surface area contributed by atoms with E-state index in [1.54, 1.807) is 0 Å². The maximum Gasteiger partial charge on any atom is 0.374 e. The summed E-state index contributed by atoms with van der Waals surface area (Å²) in [5.41, 5.74) is 0. The highest BCUT2D eigenvalue weighted by atomic mass is 19.3. The zero-order valence-corrected chi connectivity index (χ0v) is 8.76. The number of aliphatic carboxylic acids is 2. The molecule has 17 heavy (non-hydrogen) atoms. The van der Waals surface area contributed by atoms with E-state index in [0.29, 0.717) is 0 Å². The second kappa shape index (κ2) is 5.83. The first-order valence-electron chi connectivity index (χ1n) is 4.82. The highest BCUT2D eigenvalue weighted by Crippen LogP contribution is 2.25. The summed E-state index contributed by atoms with van der Waals surface area (Å²) in [6.45, 7) is 0. The first-order chi connectivity index (χ1) is 7.59. The molecule has 0 spiro atoms. The van der Waals surface area contributed by atoms with Crippen molar-refractivity contribution in [1.82, 2.24) is 0 Å². The lowest BCUT2D eigenvalue weighted by Gasteiger charge is -2.12. The predicted octanol–water partition coefficient (Wildman–Crippen LogP) is 2.38. The van der Waals surface area contributed by atoms with Crippen LogP contribution in [0.2, 0.25) is 0 Å². The lowest BCUT2D eigenvalue weighted by atomic mass is 10.1. The minimum absolute atomic E-state index is 0.0776. The number of carboxylic acids is 2. The number of rotatable bonds is 8. The van der Waals surface area contributed by atoms with Crippen LogP contribution in [0.3, 0.4) is 0 Å². The SMILES string of the molecule is O=C(O)C(F)(F)CCCCCC(F)(F)C(=O)O. The van der Waals surface area contributed by atoms with Crippen LogP contribution in [-0.2, 0) is 9.59 Å². The van der Waals surface area contributed by atoms with Gasteiger partial charge in [-0.3, -0.25) is 0 Å². The fourth-order valence-electron chi connectivity index (χ4n) is 1.08. The third-order valence-corrected chi connectivity index (χ3v) is 2.11. The summed E-state index contributed by atoms with van der Waals surface area (Å²) in [4.78, 5) is 20.0. The Kier molecular flexibility index (Phi) is 5.37. The molecule has 100 valence electrons. The molecule has 0 aliphatic heterocycles. The molecule has 0 atom stereocenters. The van der Waals surface area contributed by atoms with Crippen molar-refractivity contribution < 1.29 is 37.4 Å². The monoisotopic (exact) mass is 260 g/mol. The van der Waals surface area contributed by atoms with Crippen LogP contribution in [-0.4, -0.2) is 34.0 Å². The molecule has 0 bridgehead atoms. The molecule has 8 heteroatoms. The van der Waals surface area contributed by atoms with E-state index in [2.05, 4.69) is 0 Å². The molecule has 0 aromatic carbocycles. The van der Waals surface area contributed by atoms with Crippen LogP contribution in [0, 0.1) is 0 Å². The number of hydrogen-bond donors (Lipinski definition) is 2. The van der Waals surface area contributed by atoms with Gasteiger partial charge in [-0.05, 0) is 12.8 Å². The first kappa shape index (κ1) is 15.7. The van der Waals surface area contributed by atoms with Crippen molar-refractivity contribution >= 4 is 11.9 Å².